The molecule has 106 valence electrons. The SMILES string of the molecule is CCC(C)(C)C(=O)N1C[C@@H](O)C[C@H]1C1C=CC=CC1. The molecular weight excluding hydrogens is 238 g/mol. The molecule has 19 heavy (non-hydrogen) atoms. The Kier molecular flexibility index (Phi) is 4.14. The molecule has 0 aromatic heterocycles. The second-order valence-corrected chi connectivity index (χ2v) is 6.36. The quantitative estimate of drug-likeness (QED) is 0.850. The first-order valence-electron chi connectivity index (χ1n) is 7.28. The van der Waals surface area contributed by atoms with Gasteiger partial charge in [-0.2, -0.15) is 0 Å². The van der Waals surface area contributed by atoms with Crippen molar-refractivity contribution in [1.82, 2.24) is 4.90 Å². The molecule has 1 heterocycles. The minimum atomic E-state index is -0.374. The topological polar surface area (TPSA) is 40.5 Å². The zero-order valence-electron chi connectivity index (χ0n) is 12.2. The van der Waals surface area contributed by atoms with Gasteiger partial charge in [-0.15, -0.1) is 0 Å². The van der Waals surface area contributed by atoms with Gasteiger partial charge in [-0.3, -0.25) is 4.79 Å². The number of carbonyl (C=O) groups excluding carboxylic acids is 1. The molecule has 0 spiro atoms. The smallest absolute Gasteiger partial charge is 0.228 e. The van der Waals surface area contributed by atoms with Crippen molar-refractivity contribution in [2.75, 3.05) is 6.54 Å². The molecule has 0 aromatic rings. The fourth-order valence-electron chi connectivity index (χ4n) is 2.91. The number of aliphatic hydroxyl groups is 1. The molecule has 1 saturated heterocycles. The standard InChI is InChI=1S/C16H25NO2/c1-4-16(2,3)15(19)17-11-13(18)10-14(17)12-8-6-5-7-9-12/h5-8,12-14,18H,4,9-11H2,1-3H3/t12?,13-,14-/m0/s1. The third-order valence-electron chi connectivity index (χ3n) is 4.55. The highest BCUT2D eigenvalue weighted by Crippen LogP contribution is 2.33. The number of hydrogen-bond acceptors (Lipinski definition) is 2. The molecule has 3 atom stereocenters. The van der Waals surface area contributed by atoms with Crippen molar-refractivity contribution in [3.05, 3.63) is 24.3 Å². The third kappa shape index (κ3) is 2.92. The Labute approximate surface area is 116 Å². The van der Waals surface area contributed by atoms with Crippen molar-refractivity contribution in [1.29, 1.82) is 0 Å². The summed E-state index contributed by atoms with van der Waals surface area (Å²) in [7, 11) is 0. The average Bonchev–Trinajstić information content (AvgIpc) is 2.80. The zero-order valence-corrected chi connectivity index (χ0v) is 12.2. The van der Waals surface area contributed by atoms with Crippen molar-refractivity contribution in [2.24, 2.45) is 11.3 Å². The molecule has 1 N–H and O–H groups in total. The Morgan fingerprint density at radius 3 is 2.74 bits per heavy atom. The fourth-order valence-corrected chi connectivity index (χ4v) is 2.91. The Hall–Kier alpha value is -1.09. The van der Waals surface area contributed by atoms with Gasteiger partial charge in [0.25, 0.3) is 0 Å². The fraction of sp³-hybridized carbons (Fsp3) is 0.688. The van der Waals surface area contributed by atoms with Crippen molar-refractivity contribution >= 4 is 5.91 Å². The first-order chi connectivity index (χ1) is 8.95. The van der Waals surface area contributed by atoms with Gasteiger partial charge in [0.1, 0.15) is 0 Å². The van der Waals surface area contributed by atoms with Gasteiger partial charge in [-0.25, -0.2) is 0 Å². The van der Waals surface area contributed by atoms with Crippen molar-refractivity contribution < 1.29 is 9.90 Å². The molecule has 1 unspecified atom stereocenters. The Bertz CT molecular complexity index is 398. The van der Waals surface area contributed by atoms with E-state index >= 15 is 0 Å². The normalized spacial score (nSPS) is 30.9. The molecule has 1 amide bonds. The first kappa shape index (κ1) is 14.3. The largest absolute Gasteiger partial charge is 0.391 e. The molecule has 3 nitrogen and oxygen atoms in total. The predicted octanol–water partition coefficient (Wildman–Crippen LogP) is 2.52. The average molecular weight is 263 g/mol. The lowest BCUT2D eigenvalue weighted by Gasteiger charge is -2.35. The van der Waals surface area contributed by atoms with E-state index in [-0.39, 0.29) is 23.5 Å². The number of nitrogens with zero attached hydrogens (tertiary/aromatic N) is 1. The highest BCUT2D eigenvalue weighted by molar-refractivity contribution is 5.82. The predicted molar refractivity (Wildman–Crippen MR) is 76.6 cm³/mol. The first-order valence-corrected chi connectivity index (χ1v) is 7.28. The lowest BCUT2D eigenvalue weighted by Crippen LogP contribution is -2.46. The molecule has 0 radical (unpaired) electrons. The number of aliphatic hydroxyl groups excluding tert-OH is 1. The van der Waals surface area contributed by atoms with Crippen LogP contribution in [0.5, 0.6) is 0 Å². The summed E-state index contributed by atoms with van der Waals surface area (Å²) >= 11 is 0. The van der Waals surface area contributed by atoms with E-state index in [1.165, 1.54) is 0 Å². The Morgan fingerprint density at radius 1 is 1.42 bits per heavy atom. The second kappa shape index (κ2) is 5.49. The molecule has 1 aliphatic heterocycles. The van der Waals surface area contributed by atoms with Gasteiger partial charge in [-0.1, -0.05) is 45.1 Å². The molecule has 3 heteroatoms. The van der Waals surface area contributed by atoms with Gasteiger partial charge in [0, 0.05) is 23.9 Å². The van der Waals surface area contributed by atoms with Crippen LogP contribution < -0.4 is 0 Å². The van der Waals surface area contributed by atoms with Crippen LogP contribution in [0.2, 0.25) is 0 Å². The molecule has 0 saturated carbocycles. The summed E-state index contributed by atoms with van der Waals surface area (Å²) in [6.07, 6.45) is 10.5. The van der Waals surface area contributed by atoms with Crippen LogP contribution in [0.1, 0.15) is 40.0 Å². The summed E-state index contributed by atoms with van der Waals surface area (Å²) < 4.78 is 0. The van der Waals surface area contributed by atoms with Gasteiger partial charge >= 0.3 is 0 Å². The summed E-state index contributed by atoms with van der Waals surface area (Å²) in [4.78, 5) is 14.6. The van der Waals surface area contributed by atoms with E-state index in [1.807, 2.05) is 37.8 Å². The number of amides is 1. The number of likely N-dealkylation sites (tertiary alicyclic amines) is 1. The lowest BCUT2D eigenvalue weighted by molar-refractivity contribution is -0.142. The molecule has 0 bridgehead atoms. The van der Waals surface area contributed by atoms with Gasteiger partial charge in [0.05, 0.1) is 6.10 Å². The van der Waals surface area contributed by atoms with E-state index in [1.54, 1.807) is 0 Å². The summed E-state index contributed by atoms with van der Waals surface area (Å²) in [6.45, 7) is 6.52. The van der Waals surface area contributed by atoms with Gasteiger partial charge in [0.2, 0.25) is 5.91 Å². The summed E-state index contributed by atoms with van der Waals surface area (Å²) in [5.74, 6) is 0.526. The van der Waals surface area contributed by atoms with Crippen molar-refractivity contribution in [2.45, 2.75) is 52.2 Å². The van der Waals surface area contributed by atoms with Crippen LogP contribution in [-0.4, -0.2) is 34.6 Å². The molecule has 1 aliphatic carbocycles. The van der Waals surface area contributed by atoms with E-state index in [0.717, 1.165) is 12.8 Å². The maximum Gasteiger partial charge on any atom is 0.228 e. The molecular formula is C16H25NO2. The highest BCUT2D eigenvalue weighted by atomic mass is 16.3. The number of hydrogen-bond donors (Lipinski definition) is 1. The van der Waals surface area contributed by atoms with Crippen LogP contribution in [-0.2, 0) is 4.79 Å². The van der Waals surface area contributed by atoms with E-state index < -0.39 is 0 Å². The van der Waals surface area contributed by atoms with Gasteiger partial charge < -0.3 is 10.0 Å². The zero-order chi connectivity index (χ0) is 14.0. The van der Waals surface area contributed by atoms with Crippen LogP contribution in [0.15, 0.2) is 24.3 Å². The Morgan fingerprint density at radius 2 is 2.16 bits per heavy atom. The van der Waals surface area contributed by atoms with Crippen LogP contribution in [0, 0.1) is 11.3 Å². The molecule has 0 aromatic carbocycles. The number of allylic oxidation sites excluding steroid dienone is 3. The summed E-state index contributed by atoms with van der Waals surface area (Å²) in [5.41, 5.74) is -0.337. The minimum Gasteiger partial charge on any atom is -0.391 e. The lowest BCUT2D eigenvalue weighted by atomic mass is 9.86. The molecule has 2 aliphatic rings. The number of carbonyl (C=O) groups is 1. The van der Waals surface area contributed by atoms with E-state index in [4.69, 9.17) is 0 Å². The highest BCUT2D eigenvalue weighted by Gasteiger charge is 2.42. The minimum absolute atomic E-state index is 0.148. The maximum atomic E-state index is 12.7. The maximum absolute atomic E-state index is 12.7. The van der Waals surface area contributed by atoms with Crippen molar-refractivity contribution in [3.8, 4) is 0 Å². The van der Waals surface area contributed by atoms with Crippen LogP contribution >= 0.6 is 0 Å². The number of rotatable bonds is 3. The Balaban J connectivity index is 2.16. The van der Waals surface area contributed by atoms with Gasteiger partial charge in [-0.05, 0) is 19.3 Å². The van der Waals surface area contributed by atoms with Crippen LogP contribution in [0.4, 0.5) is 0 Å². The number of β-amino-alcohol motifs (C(OH)–C–C–N with tert-alkyl or cyclic N) is 1. The third-order valence-corrected chi connectivity index (χ3v) is 4.55. The van der Waals surface area contributed by atoms with Crippen LogP contribution in [0.3, 0.4) is 0 Å². The van der Waals surface area contributed by atoms with Gasteiger partial charge in [0.15, 0.2) is 0 Å². The van der Waals surface area contributed by atoms with E-state index in [2.05, 4.69) is 12.2 Å². The van der Waals surface area contributed by atoms with Crippen LogP contribution in [0.25, 0.3) is 0 Å². The second-order valence-electron chi connectivity index (χ2n) is 6.36. The monoisotopic (exact) mass is 263 g/mol. The van der Waals surface area contributed by atoms with E-state index in [0.29, 0.717) is 18.9 Å². The summed E-state index contributed by atoms with van der Waals surface area (Å²) in [6, 6.07) is 0.148. The van der Waals surface area contributed by atoms with Crippen molar-refractivity contribution in [3.63, 3.8) is 0 Å². The summed E-state index contributed by atoms with van der Waals surface area (Å²) in [5, 5.41) is 9.95. The molecule has 1 fully saturated rings. The van der Waals surface area contributed by atoms with E-state index in [9.17, 15) is 9.90 Å². The molecule has 2 rings (SSSR count).